The Balaban J connectivity index is 2.27. The Labute approximate surface area is 158 Å². The van der Waals surface area contributed by atoms with Gasteiger partial charge in [0.05, 0.1) is 10.0 Å². The van der Waals surface area contributed by atoms with E-state index in [1.807, 2.05) is 0 Å². The zero-order valence-electron chi connectivity index (χ0n) is 12.3. The normalized spacial score (nSPS) is 12.0. The van der Waals surface area contributed by atoms with Crippen LogP contribution in [0, 0.1) is 0 Å². The van der Waals surface area contributed by atoms with Crippen molar-refractivity contribution < 1.29 is 26.3 Å². The number of hydrogen-bond acceptors (Lipinski definition) is 2. The molecule has 140 valence electrons. The van der Waals surface area contributed by atoms with Gasteiger partial charge in [-0.1, -0.05) is 23.2 Å². The topological polar surface area (TPSA) is 37.0 Å². The maximum atomic E-state index is 12.8. The summed E-state index contributed by atoms with van der Waals surface area (Å²) in [6.45, 7) is 0. The van der Waals surface area contributed by atoms with Crippen LogP contribution in [0.1, 0.15) is 11.4 Å². The Morgan fingerprint density at radius 2 is 1.31 bits per heavy atom. The van der Waals surface area contributed by atoms with E-state index in [2.05, 4.69) is 15.6 Å². The molecule has 0 bridgehead atoms. The molecule has 12 heteroatoms. The maximum Gasteiger partial charge on any atom is 0.433 e. The van der Waals surface area contributed by atoms with Crippen LogP contribution in [0.25, 0.3) is 0 Å². The Kier molecular flexibility index (Phi) is 5.89. The monoisotopic (exact) mass is 433 g/mol. The number of pyridine rings is 1. The molecule has 26 heavy (non-hydrogen) atoms. The molecule has 1 aromatic heterocycles. The smallest absolute Gasteiger partial charge is 0.332 e. The SMILES string of the molecule is FC(F)(F)c1cc(NC(=S)Nc2ccc(Cl)c(Cl)c2)cc(C(F)(F)F)n1. The van der Waals surface area contributed by atoms with E-state index in [0.29, 0.717) is 17.8 Å². The van der Waals surface area contributed by atoms with Crippen LogP contribution < -0.4 is 10.6 Å². The van der Waals surface area contributed by atoms with Crippen LogP contribution in [0.3, 0.4) is 0 Å². The summed E-state index contributed by atoms with van der Waals surface area (Å²) in [5.41, 5.74) is -3.60. The lowest BCUT2D eigenvalue weighted by Gasteiger charge is -2.15. The molecule has 0 aliphatic heterocycles. The zero-order valence-corrected chi connectivity index (χ0v) is 14.6. The minimum Gasteiger partial charge on any atom is -0.332 e. The van der Waals surface area contributed by atoms with Gasteiger partial charge in [0.1, 0.15) is 11.4 Å². The van der Waals surface area contributed by atoms with Gasteiger partial charge in [0.2, 0.25) is 0 Å². The summed E-state index contributed by atoms with van der Waals surface area (Å²) >= 11 is 16.4. The van der Waals surface area contributed by atoms with Crippen molar-refractivity contribution in [2.75, 3.05) is 10.6 Å². The quantitative estimate of drug-likeness (QED) is 0.434. The molecule has 0 saturated heterocycles. The Morgan fingerprint density at radius 3 is 1.77 bits per heavy atom. The van der Waals surface area contributed by atoms with E-state index >= 15 is 0 Å². The predicted molar refractivity (Wildman–Crippen MR) is 90.5 cm³/mol. The van der Waals surface area contributed by atoms with Crippen LogP contribution in [-0.2, 0) is 12.4 Å². The van der Waals surface area contributed by atoms with E-state index in [1.54, 1.807) is 0 Å². The summed E-state index contributed by atoms with van der Waals surface area (Å²) in [6.07, 6.45) is -10.1. The number of benzene rings is 1. The fourth-order valence-electron chi connectivity index (χ4n) is 1.76. The number of halogens is 8. The minimum atomic E-state index is -5.06. The van der Waals surface area contributed by atoms with E-state index < -0.39 is 29.4 Å². The summed E-state index contributed by atoms with van der Waals surface area (Å²) in [6, 6.07) is 5.12. The number of rotatable bonds is 2. The van der Waals surface area contributed by atoms with Crippen LogP contribution in [-0.4, -0.2) is 10.1 Å². The second-order valence-electron chi connectivity index (χ2n) is 4.83. The van der Waals surface area contributed by atoms with Crippen LogP contribution in [0.4, 0.5) is 37.7 Å². The van der Waals surface area contributed by atoms with E-state index in [-0.39, 0.29) is 15.2 Å². The van der Waals surface area contributed by atoms with Crippen molar-refractivity contribution in [3.63, 3.8) is 0 Å². The highest BCUT2D eigenvalue weighted by molar-refractivity contribution is 7.80. The van der Waals surface area contributed by atoms with Gasteiger partial charge in [0.15, 0.2) is 5.11 Å². The van der Waals surface area contributed by atoms with Gasteiger partial charge in [-0.15, -0.1) is 0 Å². The first-order valence-electron chi connectivity index (χ1n) is 6.56. The van der Waals surface area contributed by atoms with Crippen molar-refractivity contribution >= 4 is 51.9 Å². The Morgan fingerprint density at radius 1 is 0.808 bits per heavy atom. The molecular weight excluding hydrogens is 427 g/mol. The zero-order chi connectivity index (χ0) is 19.7. The number of aromatic nitrogens is 1. The number of nitrogens with one attached hydrogen (secondary N) is 2. The third-order valence-corrected chi connectivity index (χ3v) is 3.78. The number of thiocarbonyl (C=S) groups is 1. The second kappa shape index (κ2) is 7.45. The molecule has 0 spiro atoms. The Hall–Kier alpha value is -1.78. The molecule has 0 amide bonds. The lowest BCUT2D eigenvalue weighted by molar-refractivity contribution is -0.150. The molecule has 2 N–H and O–H groups in total. The van der Waals surface area contributed by atoms with Crippen molar-refractivity contribution in [1.82, 2.24) is 4.98 Å². The van der Waals surface area contributed by atoms with Gasteiger partial charge in [-0.2, -0.15) is 26.3 Å². The molecule has 0 aliphatic rings. The van der Waals surface area contributed by atoms with Gasteiger partial charge in [-0.3, -0.25) is 0 Å². The van der Waals surface area contributed by atoms with Crippen molar-refractivity contribution in [2.24, 2.45) is 0 Å². The number of alkyl halides is 6. The first-order chi connectivity index (χ1) is 11.9. The summed E-state index contributed by atoms with van der Waals surface area (Å²) in [4.78, 5) is 2.60. The number of nitrogens with zero attached hydrogens (tertiary/aromatic N) is 1. The van der Waals surface area contributed by atoms with Gasteiger partial charge in [-0.25, -0.2) is 4.98 Å². The van der Waals surface area contributed by atoms with Crippen LogP contribution >= 0.6 is 35.4 Å². The van der Waals surface area contributed by atoms with Crippen LogP contribution in [0.2, 0.25) is 10.0 Å². The first-order valence-corrected chi connectivity index (χ1v) is 7.72. The molecule has 0 atom stereocenters. The molecule has 2 aromatic rings. The molecule has 1 heterocycles. The lowest BCUT2D eigenvalue weighted by atomic mass is 10.2. The number of anilines is 2. The average Bonchev–Trinajstić information content (AvgIpc) is 2.49. The molecule has 2 rings (SSSR count). The standard InChI is InChI=1S/C14H7Cl2F6N3S/c15-8-2-1-6(3-9(8)16)23-12(26)24-7-4-10(13(17,18)19)25-11(5-7)14(20,21)22/h1-5H,(H2,23,24,25,26). The summed E-state index contributed by atoms with van der Waals surface area (Å²) in [5.74, 6) is 0. The van der Waals surface area contributed by atoms with Crippen LogP contribution in [0.5, 0.6) is 0 Å². The molecule has 0 radical (unpaired) electrons. The average molecular weight is 434 g/mol. The summed E-state index contributed by atoms with van der Waals surface area (Å²) in [5, 5.41) is 5.01. The summed E-state index contributed by atoms with van der Waals surface area (Å²) < 4.78 is 76.6. The highest BCUT2D eigenvalue weighted by Crippen LogP contribution is 2.35. The first kappa shape index (κ1) is 20.5. The third kappa shape index (κ3) is 5.36. The molecular formula is C14H7Cl2F6N3S. The largest absolute Gasteiger partial charge is 0.433 e. The van der Waals surface area contributed by atoms with E-state index in [0.717, 1.165) is 0 Å². The molecule has 0 unspecified atom stereocenters. The van der Waals surface area contributed by atoms with Gasteiger partial charge in [0.25, 0.3) is 0 Å². The van der Waals surface area contributed by atoms with E-state index in [4.69, 9.17) is 35.4 Å². The van der Waals surface area contributed by atoms with Gasteiger partial charge in [-0.05, 0) is 42.5 Å². The highest BCUT2D eigenvalue weighted by atomic mass is 35.5. The van der Waals surface area contributed by atoms with Crippen molar-refractivity contribution in [3.8, 4) is 0 Å². The fourth-order valence-corrected chi connectivity index (χ4v) is 2.29. The molecule has 3 nitrogen and oxygen atoms in total. The van der Waals surface area contributed by atoms with Gasteiger partial charge < -0.3 is 10.6 Å². The van der Waals surface area contributed by atoms with Crippen molar-refractivity contribution in [1.29, 1.82) is 0 Å². The molecule has 0 aliphatic carbocycles. The van der Waals surface area contributed by atoms with Crippen molar-refractivity contribution in [3.05, 3.63) is 51.8 Å². The summed E-state index contributed by atoms with van der Waals surface area (Å²) in [7, 11) is 0. The number of hydrogen-bond donors (Lipinski definition) is 2. The van der Waals surface area contributed by atoms with E-state index in [1.165, 1.54) is 18.2 Å². The highest BCUT2D eigenvalue weighted by Gasteiger charge is 2.38. The fraction of sp³-hybridized carbons (Fsp3) is 0.143. The van der Waals surface area contributed by atoms with E-state index in [9.17, 15) is 26.3 Å². The third-order valence-electron chi connectivity index (χ3n) is 2.84. The molecule has 1 aromatic carbocycles. The second-order valence-corrected chi connectivity index (χ2v) is 6.05. The van der Waals surface area contributed by atoms with Crippen LogP contribution in [0.15, 0.2) is 30.3 Å². The van der Waals surface area contributed by atoms with Gasteiger partial charge in [0, 0.05) is 11.4 Å². The maximum absolute atomic E-state index is 12.8. The van der Waals surface area contributed by atoms with Crippen molar-refractivity contribution in [2.45, 2.75) is 12.4 Å². The van der Waals surface area contributed by atoms with Gasteiger partial charge >= 0.3 is 12.4 Å². The molecule has 0 saturated carbocycles. The molecule has 0 fully saturated rings. The predicted octanol–water partition coefficient (Wildman–Crippen LogP) is 6.23. The Bertz CT molecular complexity index is 806. The lowest BCUT2D eigenvalue weighted by Crippen LogP contribution is -2.21. The minimum absolute atomic E-state index is 0.182.